The minimum absolute atomic E-state index is 0. The fourth-order valence-electron chi connectivity index (χ4n) is 0.983. The Balaban J connectivity index is 0.000000720. The molecule has 12 heavy (non-hydrogen) atoms. The molecule has 0 bridgehead atoms. The van der Waals surface area contributed by atoms with Crippen LogP contribution in [0.3, 0.4) is 0 Å². The Morgan fingerprint density at radius 3 is 2.83 bits per heavy atom. The summed E-state index contributed by atoms with van der Waals surface area (Å²) in [5, 5.41) is 0. The Bertz CT molecular complexity index is 433. The topological polar surface area (TPSA) is 34.4 Å². The van der Waals surface area contributed by atoms with Crippen LogP contribution in [0.5, 0.6) is 0 Å². The molecule has 0 aromatic carbocycles. The molecule has 3 nitrogen and oxygen atoms in total. The summed E-state index contributed by atoms with van der Waals surface area (Å²) in [4.78, 5) is 15.1. The monoisotopic (exact) mass is 182 g/mol. The van der Waals surface area contributed by atoms with Crippen LogP contribution in [0.25, 0.3) is 5.65 Å². The van der Waals surface area contributed by atoms with Crippen LogP contribution in [0, 0.1) is 0 Å². The maximum atomic E-state index is 11.1. The van der Waals surface area contributed by atoms with Crippen molar-refractivity contribution in [2.24, 2.45) is 0 Å². The van der Waals surface area contributed by atoms with E-state index < -0.39 is 0 Å². The first kappa shape index (κ1) is 8.74. The molecule has 62 valence electrons. The maximum absolute atomic E-state index is 11.1. The van der Waals surface area contributed by atoms with Gasteiger partial charge in [0.15, 0.2) is 0 Å². The standard InChI is InChI=1S/C8H6N2O.ClH/c11-8-4-5-9-7-3-1-2-6-10(7)8;/h1-6H;1H. The lowest BCUT2D eigenvalue weighted by Crippen LogP contribution is -2.11. The second-order valence-electron chi connectivity index (χ2n) is 2.21. The van der Waals surface area contributed by atoms with Crippen molar-refractivity contribution in [3.8, 4) is 0 Å². The third-order valence-corrected chi connectivity index (χ3v) is 1.50. The number of pyridine rings is 1. The lowest BCUT2D eigenvalue weighted by molar-refractivity contribution is 1.05. The molecule has 0 aliphatic rings. The van der Waals surface area contributed by atoms with Gasteiger partial charge in [0.1, 0.15) is 5.65 Å². The van der Waals surface area contributed by atoms with Crippen molar-refractivity contribution in [3.63, 3.8) is 0 Å². The van der Waals surface area contributed by atoms with Gasteiger partial charge in [0.05, 0.1) is 0 Å². The highest BCUT2D eigenvalue weighted by Gasteiger charge is 1.90. The van der Waals surface area contributed by atoms with Crippen LogP contribution in [-0.4, -0.2) is 9.38 Å². The molecule has 0 saturated carbocycles. The molecule has 0 unspecified atom stereocenters. The molecule has 2 rings (SSSR count). The number of aromatic nitrogens is 2. The van der Waals surface area contributed by atoms with Gasteiger partial charge in [0.25, 0.3) is 5.56 Å². The fraction of sp³-hybridized carbons (Fsp3) is 0. The quantitative estimate of drug-likeness (QED) is 0.612. The Morgan fingerprint density at radius 1 is 1.25 bits per heavy atom. The molecule has 0 spiro atoms. The predicted molar refractivity (Wildman–Crippen MR) is 48.7 cm³/mol. The average molecular weight is 183 g/mol. The van der Waals surface area contributed by atoms with E-state index >= 15 is 0 Å². The van der Waals surface area contributed by atoms with Crippen LogP contribution in [0.1, 0.15) is 0 Å². The summed E-state index contributed by atoms with van der Waals surface area (Å²) < 4.78 is 1.50. The minimum atomic E-state index is -0.0457. The fourth-order valence-corrected chi connectivity index (χ4v) is 0.983. The van der Waals surface area contributed by atoms with E-state index in [1.807, 2.05) is 6.07 Å². The highest BCUT2D eigenvalue weighted by atomic mass is 35.5. The van der Waals surface area contributed by atoms with Gasteiger partial charge in [0.2, 0.25) is 0 Å². The van der Waals surface area contributed by atoms with Gasteiger partial charge in [-0.3, -0.25) is 9.20 Å². The highest BCUT2D eigenvalue weighted by Crippen LogP contribution is 1.92. The SMILES string of the molecule is Cl.O=c1ccnc2ccccn12. The van der Waals surface area contributed by atoms with Gasteiger partial charge in [-0.15, -0.1) is 12.4 Å². The van der Waals surface area contributed by atoms with Crippen LogP contribution in [0.4, 0.5) is 0 Å². The molecule has 2 aromatic rings. The first-order valence-electron chi connectivity index (χ1n) is 3.30. The van der Waals surface area contributed by atoms with E-state index in [-0.39, 0.29) is 18.0 Å². The van der Waals surface area contributed by atoms with Crippen molar-refractivity contribution in [1.29, 1.82) is 0 Å². The van der Waals surface area contributed by atoms with Crippen molar-refractivity contribution < 1.29 is 0 Å². The summed E-state index contributed by atoms with van der Waals surface area (Å²) in [6, 6.07) is 6.88. The normalized spacial score (nSPS) is 9.33. The van der Waals surface area contributed by atoms with Gasteiger partial charge in [-0.1, -0.05) is 6.07 Å². The molecule has 2 aromatic heterocycles. The second-order valence-corrected chi connectivity index (χ2v) is 2.21. The summed E-state index contributed by atoms with van der Waals surface area (Å²) in [6.07, 6.45) is 3.21. The molecule has 0 saturated heterocycles. The summed E-state index contributed by atoms with van der Waals surface area (Å²) in [6.45, 7) is 0. The number of rotatable bonds is 0. The van der Waals surface area contributed by atoms with Crippen LogP contribution in [0.15, 0.2) is 41.5 Å². The van der Waals surface area contributed by atoms with Gasteiger partial charge in [0, 0.05) is 18.5 Å². The summed E-state index contributed by atoms with van der Waals surface area (Å²) >= 11 is 0. The van der Waals surface area contributed by atoms with Gasteiger partial charge >= 0.3 is 0 Å². The van der Waals surface area contributed by atoms with Gasteiger partial charge in [-0.05, 0) is 12.1 Å². The lowest BCUT2D eigenvalue weighted by atomic mass is 10.4. The van der Waals surface area contributed by atoms with E-state index in [2.05, 4.69) is 4.98 Å². The Labute approximate surface area is 75.1 Å². The number of halogens is 1. The summed E-state index contributed by atoms with van der Waals surface area (Å²) in [5.74, 6) is 0. The van der Waals surface area contributed by atoms with Crippen LogP contribution < -0.4 is 5.56 Å². The van der Waals surface area contributed by atoms with E-state index in [0.29, 0.717) is 5.65 Å². The Hall–Kier alpha value is -1.35. The van der Waals surface area contributed by atoms with Crippen LogP contribution in [0.2, 0.25) is 0 Å². The third-order valence-electron chi connectivity index (χ3n) is 1.50. The second kappa shape index (κ2) is 3.36. The zero-order chi connectivity index (χ0) is 7.68. The molecular weight excluding hydrogens is 176 g/mol. The Morgan fingerprint density at radius 2 is 2.08 bits per heavy atom. The third kappa shape index (κ3) is 1.31. The molecule has 0 aliphatic heterocycles. The minimum Gasteiger partial charge on any atom is -0.269 e. The highest BCUT2D eigenvalue weighted by molar-refractivity contribution is 5.85. The molecule has 0 atom stereocenters. The van der Waals surface area contributed by atoms with E-state index in [9.17, 15) is 4.79 Å². The summed E-state index contributed by atoms with van der Waals surface area (Å²) in [7, 11) is 0. The molecule has 0 radical (unpaired) electrons. The van der Waals surface area contributed by atoms with E-state index in [1.54, 1.807) is 18.3 Å². The Kier molecular flexibility index (Phi) is 2.45. The maximum Gasteiger partial charge on any atom is 0.257 e. The number of fused-ring (bicyclic) bond motifs is 1. The van der Waals surface area contributed by atoms with E-state index in [0.717, 1.165) is 0 Å². The number of hydrogen-bond acceptors (Lipinski definition) is 2. The van der Waals surface area contributed by atoms with Crippen molar-refractivity contribution in [2.75, 3.05) is 0 Å². The van der Waals surface area contributed by atoms with Crippen LogP contribution in [-0.2, 0) is 0 Å². The smallest absolute Gasteiger partial charge is 0.257 e. The van der Waals surface area contributed by atoms with Crippen molar-refractivity contribution in [3.05, 3.63) is 47.0 Å². The largest absolute Gasteiger partial charge is 0.269 e. The zero-order valence-corrected chi connectivity index (χ0v) is 6.99. The molecule has 0 amide bonds. The number of nitrogens with zero attached hydrogens (tertiary/aromatic N) is 2. The van der Waals surface area contributed by atoms with E-state index in [1.165, 1.54) is 16.7 Å². The molecular formula is C8H7ClN2O. The van der Waals surface area contributed by atoms with Gasteiger partial charge < -0.3 is 0 Å². The summed E-state index contributed by atoms with van der Waals surface area (Å²) in [5.41, 5.74) is 0.635. The molecule has 2 heterocycles. The van der Waals surface area contributed by atoms with Gasteiger partial charge in [-0.25, -0.2) is 4.98 Å². The number of hydrogen-bond donors (Lipinski definition) is 0. The predicted octanol–water partition coefficient (Wildman–Crippen LogP) is 1.12. The zero-order valence-electron chi connectivity index (χ0n) is 6.18. The lowest BCUT2D eigenvalue weighted by Gasteiger charge is -1.94. The van der Waals surface area contributed by atoms with Crippen molar-refractivity contribution in [2.45, 2.75) is 0 Å². The van der Waals surface area contributed by atoms with Crippen LogP contribution >= 0.6 is 12.4 Å². The molecule has 0 N–H and O–H groups in total. The first-order valence-corrected chi connectivity index (χ1v) is 3.30. The average Bonchev–Trinajstić information content (AvgIpc) is 2.06. The van der Waals surface area contributed by atoms with Gasteiger partial charge in [-0.2, -0.15) is 0 Å². The van der Waals surface area contributed by atoms with Crippen molar-refractivity contribution >= 4 is 18.1 Å². The van der Waals surface area contributed by atoms with Crippen molar-refractivity contribution in [1.82, 2.24) is 9.38 Å². The first-order chi connectivity index (χ1) is 5.38. The molecule has 0 fully saturated rings. The molecule has 0 aliphatic carbocycles. The molecule has 4 heteroatoms. The van der Waals surface area contributed by atoms with E-state index in [4.69, 9.17) is 0 Å².